The van der Waals surface area contributed by atoms with Crippen LogP contribution in [0.2, 0.25) is 0 Å². The van der Waals surface area contributed by atoms with Crippen molar-refractivity contribution in [3.63, 3.8) is 0 Å². The molecule has 0 N–H and O–H groups in total. The second-order valence-corrected chi connectivity index (χ2v) is 8.46. The number of pyridine rings is 2. The first-order valence-electron chi connectivity index (χ1n) is 11.5. The molecule has 11 heteroatoms. The lowest BCUT2D eigenvalue weighted by atomic mass is 10.1. The van der Waals surface area contributed by atoms with Crippen molar-refractivity contribution < 1.29 is 14.7 Å². The largest absolute Gasteiger partial charge is 0.335 e. The lowest BCUT2D eigenvalue weighted by Gasteiger charge is -2.34. The molecule has 1 aliphatic rings. The number of hydrogen-bond donors (Lipinski definition) is 0. The summed E-state index contributed by atoms with van der Waals surface area (Å²) in [7, 11) is 0. The maximum Gasteiger partial charge on any atom is 0.272 e. The van der Waals surface area contributed by atoms with Gasteiger partial charge in [0.15, 0.2) is 5.28 Å². The van der Waals surface area contributed by atoms with Crippen LogP contribution in [-0.4, -0.2) is 56.3 Å². The van der Waals surface area contributed by atoms with Crippen molar-refractivity contribution in [2.24, 2.45) is 5.28 Å². The maximum absolute atomic E-state index is 13.0. The molecule has 0 atom stereocenters. The Hall–Kier alpha value is -4.60. The highest BCUT2D eigenvalue weighted by molar-refractivity contribution is 5.92. The lowest BCUT2D eigenvalue weighted by Crippen LogP contribution is -2.48. The summed E-state index contributed by atoms with van der Waals surface area (Å²) < 4.78 is 2.14. The molecule has 5 rings (SSSR count). The van der Waals surface area contributed by atoms with E-state index in [1.165, 1.54) is 11.6 Å². The number of fused-ring (bicyclic) bond motifs is 1. The van der Waals surface area contributed by atoms with E-state index in [-0.39, 0.29) is 17.5 Å². The van der Waals surface area contributed by atoms with Crippen molar-refractivity contribution in [2.45, 2.75) is 13.5 Å². The molecule has 3 aromatic heterocycles. The number of piperazine rings is 1. The van der Waals surface area contributed by atoms with Gasteiger partial charge >= 0.3 is 0 Å². The van der Waals surface area contributed by atoms with Crippen LogP contribution in [0, 0.1) is 6.92 Å². The molecule has 1 saturated heterocycles. The van der Waals surface area contributed by atoms with Crippen LogP contribution in [0.15, 0.2) is 72.1 Å². The second-order valence-electron chi connectivity index (χ2n) is 8.46. The van der Waals surface area contributed by atoms with E-state index in [4.69, 9.17) is 15.4 Å². The van der Waals surface area contributed by atoms with Crippen LogP contribution in [0.3, 0.4) is 0 Å². The lowest BCUT2D eigenvalue weighted by molar-refractivity contribution is -0.212. The number of aryl methyl sites for hydroxylation is 1. The fraction of sp³-hybridized carbons (Fsp3) is 0.240. The zero-order chi connectivity index (χ0) is 24.9. The Morgan fingerprint density at radius 3 is 2.61 bits per heavy atom. The van der Waals surface area contributed by atoms with Gasteiger partial charge in [-0.25, -0.2) is 15.0 Å². The van der Waals surface area contributed by atoms with Crippen LogP contribution in [0.25, 0.3) is 27.3 Å². The number of hydrogen-bond acceptors (Lipinski definition) is 7. The van der Waals surface area contributed by atoms with E-state index in [0.29, 0.717) is 13.1 Å². The van der Waals surface area contributed by atoms with Crippen molar-refractivity contribution in [3.05, 3.63) is 94.3 Å². The van der Waals surface area contributed by atoms with Crippen LogP contribution in [0.4, 0.5) is 0 Å². The quantitative estimate of drug-likeness (QED) is 0.127. The van der Waals surface area contributed by atoms with Crippen LogP contribution in [-0.2, 0) is 11.5 Å². The summed E-state index contributed by atoms with van der Waals surface area (Å²) in [4.78, 5) is 37.6. The fourth-order valence-corrected chi connectivity index (χ4v) is 4.27. The average Bonchev–Trinajstić information content (AvgIpc) is 3.28. The molecule has 11 nitrogen and oxygen atoms in total. The molecule has 1 amide bonds. The maximum atomic E-state index is 13.0. The van der Waals surface area contributed by atoms with Crippen molar-refractivity contribution in [3.8, 4) is 17.1 Å². The minimum atomic E-state index is -0.195. The summed E-state index contributed by atoms with van der Waals surface area (Å²) in [5, 5.41) is 2.83. The molecule has 36 heavy (non-hydrogen) atoms. The van der Waals surface area contributed by atoms with E-state index in [1.54, 1.807) is 17.0 Å². The SMILES string of the molecule is Cc1ccc(-c2nc3ccccn3c2CN2CCN(C(=O)c3cccc(OON=[N+]=[N-])n3)CC2)cc1. The summed E-state index contributed by atoms with van der Waals surface area (Å²) in [6.45, 7) is 5.36. The van der Waals surface area contributed by atoms with E-state index in [9.17, 15) is 4.79 Å². The number of amides is 1. The topological polar surface area (TPSA) is 121 Å². The number of azide groups is 1. The molecule has 1 aromatic carbocycles. The number of benzene rings is 1. The number of carbonyl (C=O) groups excluding carboxylic acids is 1. The number of carbonyl (C=O) groups is 1. The molecular formula is C25H24N8O3. The molecule has 1 aliphatic heterocycles. The minimum Gasteiger partial charge on any atom is -0.335 e. The third kappa shape index (κ3) is 4.92. The molecule has 0 saturated carbocycles. The van der Waals surface area contributed by atoms with E-state index in [1.807, 2.05) is 24.4 Å². The Balaban J connectivity index is 1.28. The van der Waals surface area contributed by atoms with Crippen LogP contribution in [0.1, 0.15) is 21.7 Å². The van der Waals surface area contributed by atoms with Gasteiger partial charge in [0.05, 0.1) is 11.4 Å². The summed E-state index contributed by atoms with van der Waals surface area (Å²) in [5.41, 5.74) is 13.8. The first kappa shape index (κ1) is 23.2. The summed E-state index contributed by atoms with van der Waals surface area (Å²) >= 11 is 0. The highest BCUT2D eigenvalue weighted by Gasteiger charge is 2.25. The molecule has 0 radical (unpaired) electrons. The zero-order valence-electron chi connectivity index (χ0n) is 19.7. The van der Waals surface area contributed by atoms with Gasteiger partial charge in [-0.1, -0.05) is 42.0 Å². The van der Waals surface area contributed by atoms with Gasteiger partial charge < -0.3 is 9.30 Å². The first-order valence-corrected chi connectivity index (χ1v) is 11.5. The van der Waals surface area contributed by atoms with Crippen molar-refractivity contribution in [1.29, 1.82) is 0 Å². The van der Waals surface area contributed by atoms with E-state index < -0.39 is 0 Å². The first-order chi connectivity index (χ1) is 17.6. The van der Waals surface area contributed by atoms with E-state index in [2.05, 4.69) is 60.7 Å². The highest BCUT2D eigenvalue weighted by Crippen LogP contribution is 2.26. The fourth-order valence-electron chi connectivity index (χ4n) is 4.27. The molecule has 0 spiro atoms. The smallest absolute Gasteiger partial charge is 0.272 e. The predicted octanol–water partition coefficient (Wildman–Crippen LogP) is 4.20. The zero-order valence-corrected chi connectivity index (χ0v) is 19.7. The van der Waals surface area contributed by atoms with Crippen molar-refractivity contribution >= 4 is 11.6 Å². The van der Waals surface area contributed by atoms with Crippen LogP contribution in [0.5, 0.6) is 5.88 Å². The minimum absolute atomic E-state index is 0.0307. The summed E-state index contributed by atoms with van der Waals surface area (Å²) in [6.07, 6.45) is 2.04. The van der Waals surface area contributed by atoms with Crippen LogP contribution >= 0.6 is 0 Å². The van der Waals surface area contributed by atoms with Gasteiger partial charge in [0.2, 0.25) is 0 Å². The third-order valence-corrected chi connectivity index (χ3v) is 6.12. The highest BCUT2D eigenvalue weighted by atomic mass is 17.3. The second kappa shape index (κ2) is 10.3. The van der Waals surface area contributed by atoms with E-state index in [0.717, 1.165) is 42.2 Å². The summed E-state index contributed by atoms with van der Waals surface area (Å²) in [5.74, 6) is -0.165. The molecule has 182 valence electrons. The number of rotatable bonds is 7. The van der Waals surface area contributed by atoms with Crippen LogP contribution < -0.4 is 4.89 Å². The molecular weight excluding hydrogens is 460 g/mol. The molecule has 0 aliphatic carbocycles. The van der Waals surface area contributed by atoms with E-state index >= 15 is 0 Å². The molecule has 0 unspecified atom stereocenters. The van der Waals surface area contributed by atoms with Gasteiger partial charge in [-0.2, -0.15) is 0 Å². The average molecular weight is 485 g/mol. The van der Waals surface area contributed by atoms with Crippen molar-refractivity contribution in [1.82, 2.24) is 24.2 Å². The molecule has 1 fully saturated rings. The third-order valence-electron chi connectivity index (χ3n) is 6.12. The monoisotopic (exact) mass is 484 g/mol. The Morgan fingerprint density at radius 1 is 1.03 bits per heavy atom. The van der Waals surface area contributed by atoms with Gasteiger partial charge in [0.25, 0.3) is 11.8 Å². The molecule has 0 bridgehead atoms. The van der Waals surface area contributed by atoms with Crippen molar-refractivity contribution in [2.75, 3.05) is 26.2 Å². The summed E-state index contributed by atoms with van der Waals surface area (Å²) in [6, 6.07) is 19.2. The molecule has 4 heterocycles. The van der Waals surface area contributed by atoms with Gasteiger partial charge in [0.1, 0.15) is 11.3 Å². The Labute approximate surface area is 207 Å². The predicted molar refractivity (Wildman–Crippen MR) is 132 cm³/mol. The van der Waals surface area contributed by atoms with Gasteiger partial charge in [-0.3, -0.25) is 14.6 Å². The standard InChI is InChI=1S/C25H24N8O3/c1-18-8-10-19(11-9-18)24-21(33-12-3-2-6-22(33)28-24)17-31-13-15-32(16-14-31)25(34)20-5-4-7-23(27-20)35-36-30-29-26/h2-12H,13-17H2,1H3. The van der Waals surface area contributed by atoms with Gasteiger partial charge in [-0.15, -0.1) is 0 Å². The van der Waals surface area contributed by atoms with Gasteiger partial charge in [0, 0.05) is 55.5 Å². The Kier molecular flexibility index (Phi) is 6.65. The number of aromatic nitrogens is 3. The number of imidazole rings is 1. The number of nitrogens with zero attached hydrogens (tertiary/aromatic N) is 8. The Bertz CT molecular complexity index is 1420. The van der Waals surface area contributed by atoms with Gasteiger partial charge in [-0.05, 0) is 30.7 Å². The Morgan fingerprint density at radius 2 is 1.83 bits per heavy atom. The normalized spacial score (nSPS) is 13.9. The molecule has 4 aromatic rings.